The maximum Gasteiger partial charge on any atom is 0.303 e. The Labute approximate surface area is 101 Å². The lowest BCUT2D eigenvalue weighted by Crippen LogP contribution is -2.20. The maximum atomic E-state index is 10.7. The van der Waals surface area contributed by atoms with Crippen LogP contribution in [0.5, 0.6) is 0 Å². The number of carbonyl (C=O) groups is 1. The Morgan fingerprint density at radius 3 is 2.71 bits per heavy atom. The molecule has 17 heavy (non-hydrogen) atoms. The number of hydrogen-bond donors (Lipinski definition) is 1. The zero-order valence-corrected chi connectivity index (χ0v) is 10.7. The van der Waals surface area contributed by atoms with Gasteiger partial charge in [0, 0.05) is 20.0 Å². The summed E-state index contributed by atoms with van der Waals surface area (Å²) < 4.78 is 5.11. The summed E-state index contributed by atoms with van der Waals surface area (Å²) in [5.41, 5.74) is -0.388. The predicted octanol–water partition coefficient (Wildman–Crippen LogP) is 1.57. The zero-order valence-electron chi connectivity index (χ0n) is 10.7. The number of carboxylic acid groups (broad SMARTS) is 1. The molecule has 1 heterocycles. The van der Waals surface area contributed by atoms with Crippen molar-refractivity contribution in [3.63, 3.8) is 0 Å². The van der Waals surface area contributed by atoms with Crippen LogP contribution in [0.25, 0.3) is 0 Å². The molecular weight excluding hydrogens is 222 g/mol. The average Bonchev–Trinajstić information content (AvgIpc) is 2.61. The molecule has 0 aliphatic heterocycles. The van der Waals surface area contributed by atoms with E-state index in [2.05, 4.69) is 10.1 Å². The van der Waals surface area contributed by atoms with Gasteiger partial charge in [-0.1, -0.05) is 13.8 Å². The highest BCUT2D eigenvalue weighted by atomic mass is 16.5. The minimum absolute atomic E-state index is 0.0777. The molecule has 0 fully saturated rings. The van der Waals surface area contributed by atoms with E-state index in [4.69, 9.17) is 9.63 Å². The summed E-state index contributed by atoms with van der Waals surface area (Å²) in [6, 6.07) is 0. The Morgan fingerprint density at radius 1 is 1.53 bits per heavy atom. The largest absolute Gasteiger partial charge is 0.481 e. The second-order valence-corrected chi connectivity index (χ2v) is 4.91. The number of carboxylic acids is 1. The smallest absolute Gasteiger partial charge is 0.303 e. The van der Waals surface area contributed by atoms with Crippen LogP contribution >= 0.6 is 0 Å². The van der Waals surface area contributed by atoms with Gasteiger partial charge in [-0.3, -0.25) is 4.79 Å². The number of nitrogens with zero attached hydrogens (tertiary/aromatic N) is 3. The van der Waals surface area contributed by atoms with Gasteiger partial charge in [0.15, 0.2) is 0 Å². The third-order valence-electron chi connectivity index (χ3n) is 2.53. The number of anilines is 1. The van der Waals surface area contributed by atoms with E-state index in [1.807, 2.05) is 32.7 Å². The molecule has 1 rings (SSSR count). The first-order valence-electron chi connectivity index (χ1n) is 5.59. The lowest BCUT2D eigenvalue weighted by atomic mass is 9.86. The normalized spacial score (nSPS) is 11.5. The Morgan fingerprint density at radius 2 is 2.18 bits per heavy atom. The van der Waals surface area contributed by atoms with Crippen molar-refractivity contribution in [2.75, 3.05) is 18.5 Å². The van der Waals surface area contributed by atoms with E-state index in [0.29, 0.717) is 18.3 Å². The van der Waals surface area contributed by atoms with Crippen molar-refractivity contribution in [1.82, 2.24) is 10.1 Å². The molecule has 0 unspecified atom stereocenters. The Balaban J connectivity index is 2.68. The average molecular weight is 241 g/mol. The van der Waals surface area contributed by atoms with E-state index in [1.54, 1.807) is 0 Å². The topological polar surface area (TPSA) is 79.5 Å². The molecule has 0 aliphatic rings. The molecule has 6 heteroatoms. The van der Waals surface area contributed by atoms with Crippen molar-refractivity contribution in [3.8, 4) is 0 Å². The first-order valence-corrected chi connectivity index (χ1v) is 5.59. The van der Waals surface area contributed by atoms with Gasteiger partial charge in [-0.25, -0.2) is 0 Å². The van der Waals surface area contributed by atoms with E-state index >= 15 is 0 Å². The number of rotatable bonds is 6. The third kappa shape index (κ3) is 4.05. The third-order valence-corrected chi connectivity index (χ3v) is 2.53. The van der Waals surface area contributed by atoms with Crippen molar-refractivity contribution in [2.45, 2.75) is 33.6 Å². The first kappa shape index (κ1) is 13.5. The molecule has 96 valence electrons. The second-order valence-electron chi connectivity index (χ2n) is 4.91. The summed E-state index contributed by atoms with van der Waals surface area (Å²) in [5, 5.41) is 12.6. The predicted molar refractivity (Wildman–Crippen MR) is 63.0 cm³/mol. The highest BCUT2D eigenvalue weighted by molar-refractivity contribution is 5.67. The van der Waals surface area contributed by atoms with Gasteiger partial charge in [0.1, 0.15) is 0 Å². The van der Waals surface area contributed by atoms with Crippen LogP contribution in [-0.2, 0) is 11.2 Å². The summed E-state index contributed by atoms with van der Waals surface area (Å²) in [5.74, 6) is 0.195. The molecule has 0 radical (unpaired) electrons. The van der Waals surface area contributed by atoms with Gasteiger partial charge in [0.05, 0.1) is 6.42 Å². The Hall–Kier alpha value is -1.59. The summed E-state index contributed by atoms with van der Waals surface area (Å²) in [7, 11) is 1.87. The fourth-order valence-electron chi connectivity index (χ4n) is 1.50. The number of aromatic nitrogens is 2. The molecule has 0 saturated carbocycles. The van der Waals surface area contributed by atoms with Gasteiger partial charge in [-0.15, -0.1) is 0 Å². The maximum absolute atomic E-state index is 10.7. The molecule has 0 atom stereocenters. The van der Waals surface area contributed by atoms with Crippen LogP contribution in [0, 0.1) is 5.41 Å². The number of hydrogen-bond acceptors (Lipinski definition) is 5. The quantitative estimate of drug-likeness (QED) is 0.814. The SMILES string of the molecule is CCN(C)c1noc(CC(C)(C)CC(=O)O)n1. The summed E-state index contributed by atoms with van der Waals surface area (Å²) in [6.07, 6.45) is 0.540. The van der Waals surface area contributed by atoms with Crippen LogP contribution in [0.3, 0.4) is 0 Å². The van der Waals surface area contributed by atoms with E-state index in [1.165, 1.54) is 0 Å². The van der Waals surface area contributed by atoms with Gasteiger partial charge in [-0.2, -0.15) is 4.98 Å². The van der Waals surface area contributed by atoms with Crippen LogP contribution in [0.1, 0.15) is 33.1 Å². The molecule has 0 saturated heterocycles. The lowest BCUT2D eigenvalue weighted by molar-refractivity contribution is -0.139. The van der Waals surface area contributed by atoms with Crippen molar-refractivity contribution in [3.05, 3.63) is 5.89 Å². The molecule has 6 nitrogen and oxygen atoms in total. The van der Waals surface area contributed by atoms with Crippen LogP contribution in [0.4, 0.5) is 5.95 Å². The van der Waals surface area contributed by atoms with Crippen LogP contribution in [0.2, 0.25) is 0 Å². The van der Waals surface area contributed by atoms with Gasteiger partial charge in [-0.05, 0) is 17.5 Å². The van der Waals surface area contributed by atoms with Gasteiger partial charge >= 0.3 is 5.97 Å². The molecule has 0 bridgehead atoms. The van der Waals surface area contributed by atoms with Crippen molar-refractivity contribution < 1.29 is 14.4 Å². The lowest BCUT2D eigenvalue weighted by Gasteiger charge is -2.19. The van der Waals surface area contributed by atoms with E-state index in [-0.39, 0.29) is 11.8 Å². The monoisotopic (exact) mass is 241 g/mol. The van der Waals surface area contributed by atoms with Gasteiger partial charge in [0.2, 0.25) is 5.89 Å². The van der Waals surface area contributed by atoms with Crippen LogP contribution in [0.15, 0.2) is 4.52 Å². The second kappa shape index (κ2) is 5.16. The molecule has 0 spiro atoms. The molecule has 1 aromatic heterocycles. The van der Waals surface area contributed by atoms with Crippen LogP contribution < -0.4 is 4.90 Å². The summed E-state index contributed by atoms with van der Waals surface area (Å²) in [6.45, 7) is 6.52. The van der Waals surface area contributed by atoms with E-state index in [9.17, 15) is 4.79 Å². The van der Waals surface area contributed by atoms with E-state index < -0.39 is 5.97 Å². The van der Waals surface area contributed by atoms with Crippen LogP contribution in [-0.4, -0.2) is 34.8 Å². The molecule has 1 aromatic rings. The highest BCUT2D eigenvalue weighted by Crippen LogP contribution is 2.25. The molecular formula is C11H19N3O3. The molecule has 0 aliphatic carbocycles. The molecule has 0 amide bonds. The fourth-order valence-corrected chi connectivity index (χ4v) is 1.50. The molecule has 0 aromatic carbocycles. The summed E-state index contributed by atoms with van der Waals surface area (Å²) >= 11 is 0. The summed E-state index contributed by atoms with van der Waals surface area (Å²) in [4.78, 5) is 16.8. The highest BCUT2D eigenvalue weighted by Gasteiger charge is 2.25. The Bertz CT molecular complexity index is 387. The fraction of sp³-hybridized carbons (Fsp3) is 0.727. The zero-order chi connectivity index (χ0) is 13.1. The van der Waals surface area contributed by atoms with Crippen molar-refractivity contribution >= 4 is 11.9 Å². The molecule has 1 N–H and O–H groups in total. The van der Waals surface area contributed by atoms with Crippen molar-refractivity contribution in [1.29, 1.82) is 0 Å². The Kier molecular flexibility index (Phi) is 4.09. The standard InChI is InChI=1S/C11H19N3O3/c1-5-14(4)10-12-8(17-13-10)6-11(2,3)7-9(15)16/h5-7H2,1-4H3,(H,15,16). The van der Waals surface area contributed by atoms with E-state index in [0.717, 1.165) is 6.54 Å². The number of aliphatic carboxylic acids is 1. The van der Waals surface area contributed by atoms with Gasteiger partial charge in [0.25, 0.3) is 5.95 Å². The van der Waals surface area contributed by atoms with Crippen molar-refractivity contribution in [2.24, 2.45) is 5.41 Å². The minimum Gasteiger partial charge on any atom is -0.481 e. The first-order chi connectivity index (χ1) is 7.84. The minimum atomic E-state index is -0.819. The van der Waals surface area contributed by atoms with Gasteiger partial charge < -0.3 is 14.5 Å².